The molecule has 0 aromatic carbocycles. The molecule has 1 rings (SSSR count). The summed E-state index contributed by atoms with van der Waals surface area (Å²) < 4.78 is 0. The summed E-state index contributed by atoms with van der Waals surface area (Å²) in [5.74, 6) is 0.574. The predicted molar refractivity (Wildman–Crippen MR) is 26.8 cm³/mol. The standard InChI is InChI=1S/C5H9NO/c1-6-5(7)4-2-3-4/h4H,2-3H2,1H3,(H,6,7). The molecule has 0 aromatic rings. The third-order valence-electron chi connectivity index (χ3n) is 1.19. The number of amides is 1. The Labute approximate surface area is 42.9 Å². The molecule has 2 heteroatoms. The summed E-state index contributed by atoms with van der Waals surface area (Å²) in [7, 11) is 1.68. The number of carbonyl (C=O) groups is 1. The number of carbonyl (C=O) groups excluding carboxylic acids is 1. The van der Waals surface area contributed by atoms with Crippen LogP contribution in [-0.4, -0.2) is 13.0 Å². The highest BCUT2D eigenvalue weighted by atomic mass is 16.1. The lowest BCUT2D eigenvalue weighted by molar-refractivity contribution is -0.121. The summed E-state index contributed by atoms with van der Waals surface area (Å²) in [4.78, 5) is 10.5. The molecule has 0 spiro atoms. The van der Waals surface area contributed by atoms with Gasteiger partial charge in [-0.05, 0) is 12.8 Å². The van der Waals surface area contributed by atoms with Gasteiger partial charge in [-0.3, -0.25) is 4.79 Å². The smallest absolute Gasteiger partial charge is 0.222 e. The van der Waals surface area contributed by atoms with E-state index < -0.39 is 0 Å². The molecule has 1 aliphatic rings. The normalized spacial score (nSPS) is 19.0. The minimum absolute atomic E-state index is 0.208. The summed E-state index contributed by atoms with van der Waals surface area (Å²) in [5, 5.41) is 2.59. The van der Waals surface area contributed by atoms with E-state index in [1.54, 1.807) is 7.05 Å². The topological polar surface area (TPSA) is 29.1 Å². The van der Waals surface area contributed by atoms with Crippen LogP contribution in [0.4, 0.5) is 0 Å². The molecule has 1 fully saturated rings. The maximum Gasteiger partial charge on any atom is 0.222 e. The zero-order valence-corrected chi connectivity index (χ0v) is 4.40. The van der Waals surface area contributed by atoms with Crippen LogP contribution < -0.4 is 5.32 Å². The van der Waals surface area contributed by atoms with Gasteiger partial charge in [-0.15, -0.1) is 0 Å². The van der Waals surface area contributed by atoms with Gasteiger partial charge in [0.25, 0.3) is 0 Å². The van der Waals surface area contributed by atoms with Crippen molar-refractivity contribution in [3.8, 4) is 0 Å². The van der Waals surface area contributed by atoms with Gasteiger partial charge in [0.2, 0.25) is 5.91 Å². The van der Waals surface area contributed by atoms with Gasteiger partial charge in [-0.1, -0.05) is 0 Å². The third-order valence-corrected chi connectivity index (χ3v) is 1.19. The fourth-order valence-corrected chi connectivity index (χ4v) is 0.550. The minimum Gasteiger partial charge on any atom is -0.359 e. The molecular formula is C5H9NO. The highest BCUT2D eigenvalue weighted by molar-refractivity contribution is 5.80. The van der Waals surface area contributed by atoms with Gasteiger partial charge in [0.15, 0.2) is 0 Å². The summed E-state index contributed by atoms with van der Waals surface area (Å²) in [6.07, 6.45) is 2.19. The summed E-state index contributed by atoms with van der Waals surface area (Å²) >= 11 is 0. The lowest BCUT2D eigenvalue weighted by atomic mass is 10.4. The van der Waals surface area contributed by atoms with Crippen molar-refractivity contribution in [2.45, 2.75) is 12.8 Å². The van der Waals surface area contributed by atoms with Crippen LogP contribution in [0.25, 0.3) is 0 Å². The Balaban J connectivity index is 2.24. The van der Waals surface area contributed by atoms with E-state index in [2.05, 4.69) is 5.32 Å². The van der Waals surface area contributed by atoms with E-state index in [0.717, 1.165) is 12.8 Å². The molecule has 1 saturated carbocycles. The number of nitrogens with one attached hydrogen (secondary N) is 1. The second-order valence-corrected chi connectivity index (χ2v) is 1.89. The average molecular weight is 99.1 g/mol. The monoisotopic (exact) mass is 99.1 g/mol. The second-order valence-electron chi connectivity index (χ2n) is 1.89. The fraction of sp³-hybridized carbons (Fsp3) is 0.800. The van der Waals surface area contributed by atoms with Gasteiger partial charge < -0.3 is 5.32 Å². The Morgan fingerprint density at radius 3 is 2.43 bits per heavy atom. The van der Waals surface area contributed by atoms with Crippen LogP contribution in [0.3, 0.4) is 0 Å². The molecule has 0 saturated heterocycles. The van der Waals surface area contributed by atoms with E-state index in [4.69, 9.17) is 0 Å². The van der Waals surface area contributed by atoms with Crippen LogP contribution in [0, 0.1) is 5.92 Å². The van der Waals surface area contributed by atoms with Gasteiger partial charge in [-0.25, -0.2) is 0 Å². The molecule has 7 heavy (non-hydrogen) atoms. The Morgan fingerprint density at radius 1 is 1.71 bits per heavy atom. The second kappa shape index (κ2) is 1.52. The first kappa shape index (κ1) is 4.62. The van der Waals surface area contributed by atoms with Crippen molar-refractivity contribution in [2.75, 3.05) is 7.05 Å². The number of hydrogen-bond acceptors (Lipinski definition) is 1. The van der Waals surface area contributed by atoms with E-state index in [1.807, 2.05) is 0 Å². The first-order valence-electron chi connectivity index (χ1n) is 2.56. The largest absolute Gasteiger partial charge is 0.359 e. The van der Waals surface area contributed by atoms with Gasteiger partial charge >= 0.3 is 0 Å². The Hall–Kier alpha value is -0.530. The molecule has 0 unspecified atom stereocenters. The predicted octanol–water partition coefficient (Wildman–Crippen LogP) is 0.142. The number of rotatable bonds is 1. The van der Waals surface area contributed by atoms with Crippen molar-refractivity contribution < 1.29 is 4.79 Å². The van der Waals surface area contributed by atoms with E-state index in [1.165, 1.54) is 0 Å². The maximum absolute atomic E-state index is 10.5. The molecule has 40 valence electrons. The van der Waals surface area contributed by atoms with Gasteiger partial charge in [-0.2, -0.15) is 0 Å². The van der Waals surface area contributed by atoms with Gasteiger partial charge in [0, 0.05) is 13.0 Å². The van der Waals surface area contributed by atoms with E-state index >= 15 is 0 Å². The zero-order chi connectivity index (χ0) is 5.28. The molecule has 0 heterocycles. The molecule has 1 amide bonds. The Morgan fingerprint density at radius 2 is 2.29 bits per heavy atom. The van der Waals surface area contributed by atoms with Crippen LogP contribution in [0.5, 0.6) is 0 Å². The SMILES string of the molecule is CNC(=O)C1CC1. The van der Waals surface area contributed by atoms with Crippen molar-refractivity contribution in [3.63, 3.8) is 0 Å². The van der Waals surface area contributed by atoms with E-state index in [-0.39, 0.29) is 5.91 Å². The molecule has 0 bridgehead atoms. The highest BCUT2D eigenvalue weighted by Gasteiger charge is 2.28. The van der Waals surface area contributed by atoms with E-state index in [0.29, 0.717) is 5.92 Å². The molecule has 0 aliphatic heterocycles. The van der Waals surface area contributed by atoms with Gasteiger partial charge in [0.05, 0.1) is 0 Å². The third kappa shape index (κ3) is 0.918. The van der Waals surface area contributed by atoms with Crippen LogP contribution in [-0.2, 0) is 4.79 Å². The van der Waals surface area contributed by atoms with Crippen molar-refractivity contribution in [2.24, 2.45) is 5.92 Å². The minimum atomic E-state index is 0.208. The van der Waals surface area contributed by atoms with Crippen molar-refractivity contribution in [1.29, 1.82) is 0 Å². The lowest BCUT2D eigenvalue weighted by Gasteiger charge is -1.89. The lowest BCUT2D eigenvalue weighted by Crippen LogP contribution is -2.18. The quantitative estimate of drug-likeness (QED) is 0.498. The molecule has 0 radical (unpaired) electrons. The summed E-state index contributed by atoms with van der Waals surface area (Å²) in [6.45, 7) is 0. The first-order chi connectivity index (χ1) is 3.34. The van der Waals surface area contributed by atoms with Crippen molar-refractivity contribution >= 4 is 5.91 Å². The molecule has 1 aliphatic carbocycles. The van der Waals surface area contributed by atoms with Crippen LogP contribution >= 0.6 is 0 Å². The average Bonchev–Trinajstić information content (AvgIpc) is 2.44. The summed E-state index contributed by atoms with van der Waals surface area (Å²) in [5.41, 5.74) is 0. The molecular weight excluding hydrogens is 90.1 g/mol. The molecule has 1 N–H and O–H groups in total. The van der Waals surface area contributed by atoms with Crippen LogP contribution in [0.15, 0.2) is 0 Å². The first-order valence-corrected chi connectivity index (χ1v) is 2.56. The molecule has 0 aromatic heterocycles. The van der Waals surface area contributed by atoms with Gasteiger partial charge in [0.1, 0.15) is 0 Å². The van der Waals surface area contributed by atoms with E-state index in [9.17, 15) is 4.79 Å². The molecule has 0 atom stereocenters. The zero-order valence-electron chi connectivity index (χ0n) is 4.40. The van der Waals surface area contributed by atoms with Crippen LogP contribution in [0.2, 0.25) is 0 Å². The van der Waals surface area contributed by atoms with Crippen molar-refractivity contribution in [3.05, 3.63) is 0 Å². The Kier molecular flexibility index (Phi) is 1.01. The maximum atomic E-state index is 10.5. The summed E-state index contributed by atoms with van der Waals surface area (Å²) in [6, 6.07) is 0. The van der Waals surface area contributed by atoms with Crippen LogP contribution in [0.1, 0.15) is 12.8 Å². The van der Waals surface area contributed by atoms with Crippen molar-refractivity contribution in [1.82, 2.24) is 5.32 Å². The number of hydrogen-bond donors (Lipinski definition) is 1. The molecule has 2 nitrogen and oxygen atoms in total. The Bertz CT molecular complexity index is 86.1. The fourth-order valence-electron chi connectivity index (χ4n) is 0.550. The highest BCUT2D eigenvalue weighted by Crippen LogP contribution is 2.28.